The highest BCUT2D eigenvalue weighted by atomic mass is 32.2. The highest BCUT2D eigenvalue weighted by Crippen LogP contribution is 2.21. The van der Waals surface area contributed by atoms with Crippen LogP contribution in [0.3, 0.4) is 0 Å². The van der Waals surface area contributed by atoms with E-state index in [2.05, 4.69) is 0 Å². The lowest BCUT2D eigenvalue weighted by Crippen LogP contribution is -2.08. The normalized spacial score (nSPS) is 12.3. The average Bonchev–Trinajstić information content (AvgIpc) is 2.23. The van der Waals surface area contributed by atoms with Crippen molar-refractivity contribution in [3.05, 3.63) is 23.8 Å². The molecule has 19 heavy (non-hydrogen) atoms. The molecule has 0 saturated carbocycles. The van der Waals surface area contributed by atoms with E-state index in [0.717, 1.165) is 12.1 Å². The molecule has 10 heteroatoms. The number of benzene rings is 1. The van der Waals surface area contributed by atoms with E-state index < -0.39 is 42.4 Å². The number of hydrogen-bond acceptors (Lipinski definition) is 5. The van der Waals surface area contributed by atoms with Crippen LogP contribution < -0.4 is 0 Å². The molecule has 1 aromatic carbocycles. The van der Waals surface area contributed by atoms with Crippen LogP contribution in [-0.4, -0.2) is 37.0 Å². The fourth-order valence-corrected chi connectivity index (χ4v) is 2.74. The Labute approximate surface area is 109 Å². The third kappa shape index (κ3) is 4.28. The first-order valence-electron chi connectivity index (χ1n) is 4.81. The quantitative estimate of drug-likeness (QED) is 0.653. The number of carboxylic acids is 1. The first kappa shape index (κ1) is 15.6. The molecule has 0 radical (unpaired) electrons. The van der Waals surface area contributed by atoms with Crippen LogP contribution in [0.15, 0.2) is 28.0 Å². The maximum absolute atomic E-state index is 11.1. The van der Waals surface area contributed by atoms with Crippen molar-refractivity contribution in [2.45, 2.75) is 22.6 Å². The summed E-state index contributed by atoms with van der Waals surface area (Å²) in [7, 11) is -9.36. The van der Waals surface area contributed by atoms with Crippen molar-refractivity contribution in [3.63, 3.8) is 0 Å². The molecule has 0 amide bonds. The lowest BCUT2D eigenvalue weighted by atomic mass is 10.1. The first-order valence-corrected chi connectivity index (χ1v) is 7.69. The molecule has 106 valence electrons. The van der Waals surface area contributed by atoms with Gasteiger partial charge in [-0.25, -0.2) is 0 Å². The van der Waals surface area contributed by atoms with Crippen molar-refractivity contribution in [3.8, 4) is 0 Å². The van der Waals surface area contributed by atoms with Crippen molar-refractivity contribution in [1.29, 1.82) is 0 Å². The molecule has 0 aliphatic rings. The van der Waals surface area contributed by atoms with E-state index in [0.29, 0.717) is 6.07 Å². The van der Waals surface area contributed by atoms with Gasteiger partial charge in [0.1, 0.15) is 0 Å². The van der Waals surface area contributed by atoms with Crippen molar-refractivity contribution >= 4 is 26.2 Å². The van der Waals surface area contributed by atoms with Gasteiger partial charge in [-0.3, -0.25) is 13.9 Å². The number of rotatable bonds is 5. The minimum absolute atomic E-state index is 0.0581. The van der Waals surface area contributed by atoms with Crippen LogP contribution >= 0.6 is 0 Å². The fraction of sp³-hybridized carbons (Fsp3) is 0.222. The predicted octanol–water partition coefficient (Wildman–Crippen LogP) is 0.197. The lowest BCUT2D eigenvalue weighted by molar-refractivity contribution is -0.136. The summed E-state index contributed by atoms with van der Waals surface area (Å²) in [5.74, 6) is -1.18. The molecule has 0 bridgehead atoms. The largest absolute Gasteiger partial charge is 0.481 e. The van der Waals surface area contributed by atoms with Crippen LogP contribution in [-0.2, 0) is 31.5 Å². The number of hydrogen-bond donors (Lipinski definition) is 3. The van der Waals surface area contributed by atoms with Crippen LogP contribution in [0.25, 0.3) is 0 Å². The number of aliphatic carboxylic acids is 1. The molecule has 8 nitrogen and oxygen atoms in total. The van der Waals surface area contributed by atoms with Gasteiger partial charge in [-0.05, 0) is 24.1 Å². The van der Waals surface area contributed by atoms with Crippen molar-refractivity contribution < 1.29 is 35.8 Å². The highest BCUT2D eigenvalue weighted by Gasteiger charge is 2.20. The molecule has 0 atom stereocenters. The smallest absolute Gasteiger partial charge is 0.303 e. The summed E-state index contributed by atoms with van der Waals surface area (Å²) in [6.07, 6.45) is -0.607. The Morgan fingerprint density at radius 1 is 1.05 bits per heavy atom. The third-order valence-corrected chi connectivity index (χ3v) is 4.01. The summed E-state index contributed by atoms with van der Waals surface area (Å²) in [6.45, 7) is 0. The Kier molecular flexibility index (Phi) is 4.30. The van der Waals surface area contributed by atoms with Gasteiger partial charge in [0.05, 0.1) is 9.79 Å². The van der Waals surface area contributed by atoms with Crippen LogP contribution in [0.5, 0.6) is 0 Å². The van der Waals surface area contributed by atoms with Gasteiger partial charge in [-0.1, -0.05) is 6.07 Å². The molecule has 0 aliphatic carbocycles. The number of carboxylic acid groups (broad SMARTS) is 1. The summed E-state index contributed by atoms with van der Waals surface area (Å²) < 4.78 is 61.7. The second-order valence-corrected chi connectivity index (χ2v) is 6.42. The molecule has 0 saturated heterocycles. The van der Waals surface area contributed by atoms with Crippen LogP contribution in [0.1, 0.15) is 12.0 Å². The molecular formula is C9H10O8S2. The lowest BCUT2D eigenvalue weighted by Gasteiger charge is -2.07. The molecule has 0 aromatic heterocycles. The molecule has 0 unspecified atom stereocenters. The van der Waals surface area contributed by atoms with E-state index >= 15 is 0 Å². The molecule has 1 aromatic rings. The molecule has 0 heterocycles. The minimum Gasteiger partial charge on any atom is -0.481 e. The second kappa shape index (κ2) is 5.25. The fourth-order valence-electron chi connectivity index (χ4n) is 1.38. The van der Waals surface area contributed by atoms with Gasteiger partial charge < -0.3 is 5.11 Å². The Bertz CT molecular complexity index is 702. The van der Waals surface area contributed by atoms with E-state index in [1.54, 1.807) is 0 Å². The van der Waals surface area contributed by atoms with Crippen LogP contribution in [0.4, 0.5) is 0 Å². The first-order chi connectivity index (χ1) is 8.51. The topological polar surface area (TPSA) is 146 Å². The van der Waals surface area contributed by atoms with Gasteiger partial charge in [0.2, 0.25) is 0 Å². The standard InChI is InChI=1S/C9H10O8S2/c10-9(11)4-2-6-1-3-7(18(12,13)14)5-8(6)19(15,16)17/h1,3,5H,2,4H2,(H,10,11)(H,12,13,14)(H,15,16,17). The van der Waals surface area contributed by atoms with Crippen molar-refractivity contribution in [1.82, 2.24) is 0 Å². The van der Waals surface area contributed by atoms with E-state index in [1.807, 2.05) is 0 Å². The zero-order chi connectivity index (χ0) is 14.8. The summed E-state index contributed by atoms with van der Waals surface area (Å²) in [5, 5.41) is 8.50. The van der Waals surface area contributed by atoms with E-state index in [-0.39, 0.29) is 12.0 Å². The number of aryl methyl sites for hydroxylation is 1. The average molecular weight is 310 g/mol. The van der Waals surface area contributed by atoms with E-state index in [9.17, 15) is 21.6 Å². The summed E-state index contributed by atoms with van der Waals surface area (Å²) in [4.78, 5) is 8.96. The maximum Gasteiger partial charge on any atom is 0.303 e. The summed E-state index contributed by atoms with van der Waals surface area (Å²) in [6, 6.07) is 2.51. The zero-order valence-corrected chi connectivity index (χ0v) is 11.0. The van der Waals surface area contributed by atoms with Gasteiger partial charge in [-0.2, -0.15) is 16.8 Å². The molecule has 3 N–H and O–H groups in total. The molecular weight excluding hydrogens is 300 g/mol. The van der Waals surface area contributed by atoms with Crippen LogP contribution in [0.2, 0.25) is 0 Å². The SMILES string of the molecule is O=C(O)CCc1ccc(S(=O)(=O)O)cc1S(=O)(=O)O. The third-order valence-electron chi connectivity index (χ3n) is 2.22. The highest BCUT2D eigenvalue weighted by molar-refractivity contribution is 7.86. The van der Waals surface area contributed by atoms with Gasteiger partial charge in [0.15, 0.2) is 0 Å². The van der Waals surface area contributed by atoms with Crippen molar-refractivity contribution in [2.75, 3.05) is 0 Å². The molecule has 0 spiro atoms. The Balaban J connectivity index is 3.38. The van der Waals surface area contributed by atoms with E-state index in [1.165, 1.54) is 0 Å². The van der Waals surface area contributed by atoms with Gasteiger partial charge in [0.25, 0.3) is 20.2 Å². The molecule has 0 fully saturated rings. The molecule has 0 aliphatic heterocycles. The Hall–Kier alpha value is -1.49. The predicted molar refractivity (Wildman–Crippen MR) is 62.0 cm³/mol. The molecule has 1 rings (SSSR count). The van der Waals surface area contributed by atoms with Gasteiger partial charge in [0, 0.05) is 6.42 Å². The Morgan fingerprint density at radius 3 is 2.05 bits per heavy atom. The monoisotopic (exact) mass is 310 g/mol. The summed E-state index contributed by atoms with van der Waals surface area (Å²) >= 11 is 0. The minimum atomic E-state index is -4.73. The van der Waals surface area contributed by atoms with Gasteiger partial charge >= 0.3 is 5.97 Å². The van der Waals surface area contributed by atoms with Crippen molar-refractivity contribution in [2.24, 2.45) is 0 Å². The summed E-state index contributed by atoms with van der Waals surface area (Å²) in [5.41, 5.74) is -0.0581. The van der Waals surface area contributed by atoms with Crippen LogP contribution in [0, 0.1) is 0 Å². The van der Waals surface area contributed by atoms with E-state index in [4.69, 9.17) is 14.2 Å². The van der Waals surface area contributed by atoms with Gasteiger partial charge in [-0.15, -0.1) is 0 Å². The maximum atomic E-state index is 11.1. The zero-order valence-electron chi connectivity index (χ0n) is 9.35. The Morgan fingerprint density at radius 2 is 1.63 bits per heavy atom. The number of carbonyl (C=O) groups is 1. The second-order valence-electron chi connectivity index (χ2n) is 3.61.